The number of piperidine rings is 1. The summed E-state index contributed by atoms with van der Waals surface area (Å²) < 4.78 is 24.4. The summed E-state index contributed by atoms with van der Waals surface area (Å²) in [5.74, 6) is 0.813. The average molecular weight is 659 g/mol. The molecule has 14 heteroatoms. The molecule has 3 amide bonds. The summed E-state index contributed by atoms with van der Waals surface area (Å²) >= 11 is 13.5. The number of rotatable bonds is 9. The van der Waals surface area contributed by atoms with Crippen LogP contribution in [0.25, 0.3) is 0 Å². The molecule has 0 aliphatic carbocycles. The highest BCUT2D eigenvalue weighted by atomic mass is 35.5. The molecule has 1 fully saturated rings. The molecule has 2 aliphatic rings. The van der Waals surface area contributed by atoms with Crippen LogP contribution in [0.1, 0.15) is 18.4 Å². The molecule has 1 saturated heterocycles. The van der Waals surface area contributed by atoms with E-state index < -0.39 is 6.03 Å². The van der Waals surface area contributed by atoms with Gasteiger partial charge in [0.05, 0.1) is 26.5 Å². The minimum Gasteiger partial charge on any atom is -0.495 e. The quantitative estimate of drug-likeness (QED) is 0.291. The standard InChI is InChI=1S/C31H34Cl2FN7O4/c1-38(2)13-5-6-25(42)39-14-11-22(12-15-39)41-29-19(17-35-30(37-29)36-21-9-7-20(34)8-10-21)18-40(31(41)43)28-26(32)23(44-3)16-24(45-4)27(28)33/h5-10,16-17,22H,11-15,18H2,1-4H3,(H,35,36,37). The predicted octanol–water partition coefficient (Wildman–Crippen LogP) is 5.74. The number of benzene rings is 2. The van der Waals surface area contributed by atoms with Gasteiger partial charge in [-0.1, -0.05) is 29.3 Å². The van der Waals surface area contributed by atoms with Gasteiger partial charge in [0.15, 0.2) is 0 Å². The van der Waals surface area contributed by atoms with Gasteiger partial charge in [-0.3, -0.25) is 14.6 Å². The van der Waals surface area contributed by atoms with Gasteiger partial charge in [-0.25, -0.2) is 14.2 Å². The SMILES string of the molecule is COc1cc(OC)c(Cl)c(N2Cc3cnc(Nc4ccc(F)cc4)nc3N(C3CCN(C(=O)C=CCN(C)C)CC3)C2=O)c1Cl. The summed E-state index contributed by atoms with van der Waals surface area (Å²) in [5, 5.41) is 3.39. The van der Waals surface area contributed by atoms with Crippen molar-refractivity contribution < 1.29 is 23.5 Å². The number of carbonyl (C=O) groups is 2. The number of ether oxygens (including phenoxy) is 2. The molecule has 45 heavy (non-hydrogen) atoms. The Hall–Kier alpha value is -4.13. The highest BCUT2D eigenvalue weighted by molar-refractivity contribution is 6.42. The molecule has 3 aromatic rings. The van der Waals surface area contributed by atoms with Crippen molar-refractivity contribution in [3.05, 3.63) is 70.1 Å². The summed E-state index contributed by atoms with van der Waals surface area (Å²) in [4.78, 5) is 43.3. The zero-order valence-electron chi connectivity index (χ0n) is 25.4. The van der Waals surface area contributed by atoms with E-state index in [0.29, 0.717) is 61.0 Å². The number of likely N-dealkylation sites (N-methyl/N-ethyl adjacent to an activating group) is 1. The van der Waals surface area contributed by atoms with Crippen LogP contribution in [0.15, 0.2) is 48.7 Å². The minimum absolute atomic E-state index is 0.0718. The summed E-state index contributed by atoms with van der Waals surface area (Å²) in [6.45, 7) is 1.64. The zero-order chi connectivity index (χ0) is 32.2. The van der Waals surface area contributed by atoms with Gasteiger partial charge in [0.25, 0.3) is 0 Å². The van der Waals surface area contributed by atoms with E-state index >= 15 is 0 Å². The Kier molecular flexibility index (Phi) is 9.96. The number of anilines is 4. The van der Waals surface area contributed by atoms with Gasteiger partial charge >= 0.3 is 6.03 Å². The molecule has 2 aromatic carbocycles. The van der Waals surface area contributed by atoms with Gasteiger partial charge < -0.3 is 24.6 Å². The van der Waals surface area contributed by atoms with Crippen LogP contribution in [0.3, 0.4) is 0 Å². The van der Waals surface area contributed by atoms with Crippen molar-refractivity contribution in [2.24, 2.45) is 0 Å². The van der Waals surface area contributed by atoms with Crippen molar-refractivity contribution in [3.63, 3.8) is 0 Å². The lowest BCUT2D eigenvalue weighted by molar-refractivity contribution is -0.127. The third-order valence-electron chi connectivity index (χ3n) is 7.63. The molecule has 0 saturated carbocycles. The number of nitrogens with zero attached hydrogens (tertiary/aromatic N) is 6. The third-order valence-corrected chi connectivity index (χ3v) is 8.36. The van der Waals surface area contributed by atoms with Crippen LogP contribution in [0.4, 0.5) is 32.3 Å². The van der Waals surface area contributed by atoms with Crippen molar-refractivity contribution in [2.45, 2.75) is 25.4 Å². The lowest BCUT2D eigenvalue weighted by atomic mass is 10.0. The molecule has 1 N–H and O–H groups in total. The van der Waals surface area contributed by atoms with Gasteiger partial charge in [-0.05, 0) is 51.2 Å². The van der Waals surface area contributed by atoms with E-state index in [0.717, 1.165) is 0 Å². The molecule has 2 aliphatic heterocycles. The van der Waals surface area contributed by atoms with E-state index in [1.54, 1.807) is 40.3 Å². The second-order valence-corrected chi connectivity index (χ2v) is 11.6. The number of aromatic nitrogens is 2. The van der Waals surface area contributed by atoms with Gasteiger partial charge in [0, 0.05) is 55.3 Å². The minimum atomic E-state index is -0.399. The molecule has 11 nitrogen and oxygen atoms in total. The summed E-state index contributed by atoms with van der Waals surface area (Å²) in [7, 11) is 6.80. The Bertz CT molecular complexity index is 1570. The second-order valence-electron chi connectivity index (χ2n) is 10.9. The molecule has 0 atom stereocenters. The second kappa shape index (κ2) is 13.9. The molecule has 0 unspecified atom stereocenters. The molecular weight excluding hydrogens is 624 g/mol. The van der Waals surface area contributed by atoms with Gasteiger partial charge in [0.1, 0.15) is 33.2 Å². The number of nitrogens with one attached hydrogen (secondary N) is 1. The molecule has 1 aromatic heterocycles. The van der Waals surface area contributed by atoms with Crippen molar-refractivity contribution >= 4 is 58.3 Å². The first kappa shape index (κ1) is 32.3. The van der Waals surface area contributed by atoms with Crippen molar-refractivity contribution in [3.8, 4) is 11.5 Å². The molecule has 3 heterocycles. The first-order valence-electron chi connectivity index (χ1n) is 14.3. The van der Waals surface area contributed by atoms with Crippen molar-refractivity contribution in [2.75, 3.05) is 63.1 Å². The Labute approximate surface area is 271 Å². The van der Waals surface area contributed by atoms with E-state index in [-0.39, 0.29) is 46.0 Å². The fourth-order valence-electron chi connectivity index (χ4n) is 5.33. The Morgan fingerprint density at radius 2 is 1.76 bits per heavy atom. The number of hydrogen-bond acceptors (Lipinski definition) is 8. The number of carbonyl (C=O) groups excluding carboxylic acids is 2. The van der Waals surface area contributed by atoms with Crippen LogP contribution in [0.5, 0.6) is 11.5 Å². The maximum atomic E-state index is 14.5. The van der Waals surface area contributed by atoms with E-state index in [9.17, 15) is 14.0 Å². The molecule has 0 spiro atoms. The van der Waals surface area contributed by atoms with Crippen LogP contribution >= 0.6 is 23.2 Å². The van der Waals surface area contributed by atoms with Crippen LogP contribution in [-0.2, 0) is 11.3 Å². The molecule has 238 valence electrons. The summed E-state index contributed by atoms with van der Waals surface area (Å²) in [6.07, 6.45) is 6.08. The maximum absolute atomic E-state index is 14.5. The van der Waals surface area contributed by atoms with Gasteiger partial charge in [-0.15, -0.1) is 0 Å². The highest BCUT2D eigenvalue weighted by Gasteiger charge is 2.41. The molecule has 0 radical (unpaired) electrons. The number of halogens is 3. The number of amides is 3. The molecule has 0 bridgehead atoms. The fraction of sp³-hybridized carbons (Fsp3) is 0.355. The van der Waals surface area contributed by atoms with Gasteiger partial charge in [-0.2, -0.15) is 4.98 Å². The zero-order valence-corrected chi connectivity index (χ0v) is 26.9. The first-order chi connectivity index (χ1) is 21.6. The number of hydrogen-bond donors (Lipinski definition) is 1. The summed E-state index contributed by atoms with van der Waals surface area (Å²) in [6, 6.07) is 6.66. The lowest BCUT2D eigenvalue weighted by Crippen LogP contribution is -2.55. The van der Waals surface area contributed by atoms with Crippen molar-refractivity contribution in [1.82, 2.24) is 19.8 Å². The van der Waals surface area contributed by atoms with E-state index in [1.165, 1.54) is 31.3 Å². The predicted molar refractivity (Wildman–Crippen MR) is 173 cm³/mol. The van der Waals surface area contributed by atoms with E-state index in [1.807, 2.05) is 25.1 Å². The maximum Gasteiger partial charge on any atom is 0.330 e. The third kappa shape index (κ3) is 6.92. The van der Waals surface area contributed by atoms with Crippen LogP contribution in [-0.4, -0.2) is 85.7 Å². The normalized spacial score (nSPS) is 15.6. The van der Waals surface area contributed by atoms with Crippen LogP contribution < -0.4 is 24.6 Å². The number of fused-ring (bicyclic) bond motifs is 1. The van der Waals surface area contributed by atoms with E-state index in [2.05, 4.69) is 10.3 Å². The molecule has 5 rings (SSSR count). The van der Waals surface area contributed by atoms with Gasteiger partial charge in [0.2, 0.25) is 11.9 Å². The summed E-state index contributed by atoms with van der Waals surface area (Å²) in [5.41, 5.74) is 1.48. The van der Waals surface area contributed by atoms with Crippen LogP contribution in [0, 0.1) is 5.82 Å². The van der Waals surface area contributed by atoms with E-state index in [4.69, 9.17) is 37.7 Å². The highest BCUT2D eigenvalue weighted by Crippen LogP contribution is 2.48. The smallest absolute Gasteiger partial charge is 0.330 e. The Balaban J connectivity index is 1.50. The Morgan fingerprint density at radius 1 is 1.11 bits per heavy atom. The Morgan fingerprint density at radius 3 is 2.36 bits per heavy atom. The van der Waals surface area contributed by atoms with Crippen LogP contribution in [0.2, 0.25) is 10.0 Å². The lowest BCUT2D eigenvalue weighted by Gasteiger charge is -2.43. The first-order valence-corrected chi connectivity index (χ1v) is 15.1. The number of methoxy groups -OCH3 is 2. The fourth-order valence-corrected chi connectivity index (χ4v) is 6.03. The number of urea groups is 1. The largest absolute Gasteiger partial charge is 0.495 e. The topological polar surface area (TPSA) is 103 Å². The van der Waals surface area contributed by atoms with Crippen molar-refractivity contribution in [1.29, 1.82) is 0 Å². The number of likely N-dealkylation sites (tertiary alicyclic amines) is 1. The average Bonchev–Trinajstić information content (AvgIpc) is 3.02. The monoisotopic (exact) mass is 657 g/mol. The molecular formula is C31H34Cl2FN7O4.